The van der Waals surface area contributed by atoms with Crippen molar-refractivity contribution in [2.75, 3.05) is 20.9 Å². The van der Waals surface area contributed by atoms with Crippen LogP contribution in [0.2, 0.25) is 0 Å². The highest BCUT2D eigenvalue weighted by Gasteiger charge is 1.62. The summed E-state index contributed by atoms with van der Waals surface area (Å²) in [5, 5.41) is 3.83. The molecule has 1 atom stereocenters. The van der Waals surface area contributed by atoms with Gasteiger partial charge in [0.25, 0.3) is 0 Å². The van der Waals surface area contributed by atoms with Gasteiger partial charge in [0.15, 0.2) is 0 Å². The summed E-state index contributed by atoms with van der Waals surface area (Å²) in [6.07, 6.45) is 0. The molecule has 0 saturated heterocycles. The average Bonchev–Trinajstić information content (AvgIpc) is 1.75. The highest BCUT2D eigenvalue weighted by molar-refractivity contribution is 7.15. The Balaban J connectivity index is 0. The molecule has 0 aromatic carbocycles. The average molecular weight is 126 g/mol. The maximum absolute atomic E-state index is 3.97. The Morgan fingerprint density at radius 3 is 1.29 bits per heavy atom. The molecule has 0 saturated carbocycles. The lowest BCUT2D eigenvalue weighted by atomic mass is 11.7. The summed E-state index contributed by atoms with van der Waals surface area (Å²) < 4.78 is 0. The van der Waals surface area contributed by atoms with Crippen LogP contribution in [0.25, 0.3) is 0 Å². The zero-order valence-electron chi connectivity index (χ0n) is 4.80. The lowest BCUT2D eigenvalue weighted by molar-refractivity contribution is -0.491. The van der Waals surface area contributed by atoms with Gasteiger partial charge in [-0.05, 0) is 0 Å². The quantitative estimate of drug-likeness (QED) is 0.308. The molecular formula is C3H11O3P. The molecule has 0 heterocycles. The Hall–Kier alpha value is 0.310. The van der Waals surface area contributed by atoms with Crippen LogP contribution in [0.15, 0.2) is 0 Å². The molecule has 0 fully saturated rings. The van der Waals surface area contributed by atoms with Crippen molar-refractivity contribution in [1.82, 2.24) is 0 Å². The minimum Gasteiger partial charge on any atom is -0.210 e. The van der Waals surface area contributed by atoms with E-state index in [1.165, 1.54) is 14.2 Å². The van der Waals surface area contributed by atoms with Crippen LogP contribution in [0.1, 0.15) is 0 Å². The van der Waals surface area contributed by atoms with Crippen LogP contribution in [0.3, 0.4) is 0 Å². The summed E-state index contributed by atoms with van der Waals surface area (Å²) in [5.74, 6) is 0. The van der Waals surface area contributed by atoms with Crippen LogP contribution < -0.4 is 0 Å². The summed E-state index contributed by atoms with van der Waals surface area (Å²) in [6, 6.07) is 0. The first kappa shape index (κ1) is 10.3. The van der Waals surface area contributed by atoms with Crippen molar-refractivity contribution in [2.45, 2.75) is 0 Å². The van der Waals surface area contributed by atoms with Gasteiger partial charge in [0.1, 0.15) is 0 Å². The van der Waals surface area contributed by atoms with Gasteiger partial charge in [0.05, 0.1) is 14.2 Å². The van der Waals surface area contributed by atoms with E-state index in [4.69, 9.17) is 0 Å². The van der Waals surface area contributed by atoms with Crippen LogP contribution in [-0.2, 0) is 14.8 Å². The minimum absolute atomic E-state index is 1.36. The molecular weight excluding hydrogens is 115 g/mol. The standard InChI is InChI=1S/C2H6O3.CH5P/c1-3-5-4-2;1-2/h1-2H3;2H2,1H3. The van der Waals surface area contributed by atoms with Crippen molar-refractivity contribution in [3.63, 3.8) is 0 Å². The molecule has 0 amide bonds. The van der Waals surface area contributed by atoms with Crippen LogP contribution >= 0.6 is 9.24 Å². The molecule has 1 unspecified atom stereocenters. The van der Waals surface area contributed by atoms with Gasteiger partial charge in [-0.1, -0.05) is 11.7 Å². The van der Waals surface area contributed by atoms with E-state index in [0.717, 1.165) is 0 Å². The first-order chi connectivity index (χ1) is 3.41. The summed E-state index contributed by atoms with van der Waals surface area (Å²) in [6.45, 7) is 1.92. The number of hydrogen-bond donors (Lipinski definition) is 0. The third-order valence-electron chi connectivity index (χ3n) is 0.136. The van der Waals surface area contributed by atoms with Crippen molar-refractivity contribution in [3.8, 4) is 0 Å². The van der Waals surface area contributed by atoms with Gasteiger partial charge in [-0.15, -0.1) is 9.24 Å². The Morgan fingerprint density at radius 2 is 1.29 bits per heavy atom. The van der Waals surface area contributed by atoms with E-state index in [0.29, 0.717) is 0 Å². The van der Waals surface area contributed by atoms with E-state index in [2.05, 4.69) is 24.1 Å². The summed E-state index contributed by atoms with van der Waals surface area (Å²) in [7, 11) is 5.15. The lowest BCUT2D eigenvalue weighted by Gasteiger charge is -1.85. The maximum atomic E-state index is 3.97. The molecule has 46 valence electrons. The van der Waals surface area contributed by atoms with Crippen LogP contribution in [-0.4, -0.2) is 20.9 Å². The Bertz CT molecular complexity index is 17.7. The fourth-order valence-corrected chi connectivity index (χ4v) is 0.0680. The van der Waals surface area contributed by atoms with Crippen LogP contribution in [0, 0.1) is 0 Å². The maximum Gasteiger partial charge on any atom is 0.0744 e. The Morgan fingerprint density at radius 1 is 1.00 bits per heavy atom. The van der Waals surface area contributed by atoms with Gasteiger partial charge in [-0.25, -0.2) is 9.78 Å². The zero-order chi connectivity index (χ0) is 6.12. The topological polar surface area (TPSA) is 27.7 Å². The van der Waals surface area contributed by atoms with Gasteiger partial charge in [-0.3, -0.25) is 0 Å². The van der Waals surface area contributed by atoms with Crippen molar-refractivity contribution in [2.24, 2.45) is 0 Å². The first-order valence-corrected chi connectivity index (χ1v) is 2.88. The lowest BCUT2D eigenvalue weighted by Crippen LogP contribution is -1.82. The smallest absolute Gasteiger partial charge is 0.0744 e. The number of hydrogen-bond acceptors (Lipinski definition) is 3. The third-order valence-corrected chi connectivity index (χ3v) is 0.136. The van der Waals surface area contributed by atoms with Gasteiger partial charge in [0.2, 0.25) is 0 Å². The minimum atomic E-state index is 1.36. The first-order valence-electron chi connectivity index (χ1n) is 1.73. The molecule has 0 aliphatic carbocycles. The fraction of sp³-hybridized carbons (Fsp3) is 1.00. The predicted molar refractivity (Wildman–Crippen MR) is 30.7 cm³/mol. The molecule has 0 aliphatic heterocycles. The van der Waals surface area contributed by atoms with Gasteiger partial charge in [-0.2, -0.15) is 0 Å². The second-order valence-corrected chi connectivity index (χ2v) is 0.401. The van der Waals surface area contributed by atoms with Crippen molar-refractivity contribution >= 4 is 9.24 Å². The van der Waals surface area contributed by atoms with Crippen LogP contribution in [0.5, 0.6) is 0 Å². The van der Waals surface area contributed by atoms with E-state index >= 15 is 0 Å². The largest absolute Gasteiger partial charge is 0.210 e. The summed E-state index contributed by atoms with van der Waals surface area (Å²) >= 11 is 0. The molecule has 0 rings (SSSR count). The van der Waals surface area contributed by atoms with Gasteiger partial charge in [0, 0.05) is 0 Å². The molecule has 0 aliphatic rings. The molecule has 4 heteroatoms. The van der Waals surface area contributed by atoms with E-state index in [1.807, 2.05) is 6.66 Å². The highest BCUT2D eigenvalue weighted by Crippen LogP contribution is 1.64. The molecule has 0 radical (unpaired) electrons. The SMILES string of the molecule is COOOC.CP. The van der Waals surface area contributed by atoms with E-state index in [9.17, 15) is 0 Å². The van der Waals surface area contributed by atoms with Gasteiger partial charge >= 0.3 is 0 Å². The van der Waals surface area contributed by atoms with E-state index in [-0.39, 0.29) is 0 Å². The van der Waals surface area contributed by atoms with E-state index < -0.39 is 0 Å². The normalized spacial score (nSPS) is 6.86. The monoisotopic (exact) mass is 126 g/mol. The molecule has 7 heavy (non-hydrogen) atoms. The molecule has 0 aromatic heterocycles. The predicted octanol–water partition coefficient (Wildman–Crippen LogP) is 0.617. The second-order valence-electron chi connectivity index (χ2n) is 0.401. The summed E-state index contributed by atoms with van der Waals surface area (Å²) in [4.78, 5) is 7.94. The molecule has 0 bridgehead atoms. The highest BCUT2D eigenvalue weighted by atomic mass is 31.0. The van der Waals surface area contributed by atoms with Crippen molar-refractivity contribution < 1.29 is 14.8 Å². The van der Waals surface area contributed by atoms with Gasteiger partial charge < -0.3 is 0 Å². The Kier molecular flexibility index (Phi) is 23.9. The van der Waals surface area contributed by atoms with E-state index in [1.54, 1.807) is 0 Å². The second kappa shape index (κ2) is 16.2. The number of rotatable bonds is 2. The third kappa shape index (κ3) is 22.0. The van der Waals surface area contributed by atoms with Crippen LogP contribution in [0.4, 0.5) is 0 Å². The van der Waals surface area contributed by atoms with Crippen molar-refractivity contribution in [3.05, 3.63) is 0 Å². The zero-order valence-corrected chi connectivity index (χ0v) is 5.96. The van der Waals surface area contributed by atoms with Crippen molar-refractivity contribution in [1.29, 1.82) is 0 Å². The molecule has 3 nitrogen and oxygen atoms in total. The Labute approximate surface area is 46.0 Å². The summed E-state index contributed by atoms with van der Waals surface area (Å²) in [5.41, 5.74) is 0. The molecule has 0 aromatic rings. The fourth-order valence-electron chi connectivity index (χ4n) is 0.0680. The molecule has 0 N–H and O–H groups in total. The molecule has 0 spiro atoms.